The van der Waals surface area contributed by atoms with Crippen LogP contribution in [0.5, 0.6) is 11.5 Å². The zero-order valence-electron chi connectivity index (χ0n) is 33.6. The van der Waals surface area contributed by atoms with Crippen LogP contribution >= 0.6 is 0 Å². The van der Waals surface area contributed by atoms with Crippen molar-refractivity contribution in [2.45, 2.75) is 112 Å². The first kappa shape index (κ1) is 45.3. The molecule has 332 valence electrons. The number of ketones is 2. The molecule has 0 spiro atoms. The highest BCUT2D eigenvalue weighted by molar-refractivity contribution is 7.88. The van der Waals surface area contributed by atoms with Crippen LogP contribution in [0.2, 0.25) is 0 Å². The van der Waals surface area contributed by atoms with Gasteiger partial charge in [-0.05, 0) is 134 Å². The first-order chi connectivity index (χ1) is 29.2. The maximum absolute atomic E-state index is 12.7. The number of Topliss-reactive ketones (excluding diaryl/α,β-unsaturated/α-hetero) is 2. The maximum atomic E-state index is 12.7. The standard InChI is InChI=1S/2C23H23F3O4S/c2*24-23(25,26)31(28,29)30-20-9-10-21-17(13-20)7-4-8-18-14-19(27)11-12-22(18,21)15-16-5-2-1-3-6-16/h2*1-3,5-6,9-10,13,18H,4,7-8,11-12,14-15H2/t2*18-,22-/m10/s1. The van der Waals surface area contributed by atoms with Gasteiger partial charge in [-0.15, -0.1) is 0 Å². The van der Waals surface area contributed by atoms with Crippen LogP contribution in [0.15, 0.2) is 97.1 Å². The second-order valence-corrected chi connectivity index (χ2v) is 20.0. The number of alkyl halides is 6. The Morgan fingerprint density at radius 3 is 1.26 bits per heavy atom. The fraction of sp³-hybridized carbons (Fsp3) is 0.435. The highest BCUT2D eigenvalue weighted by atomic mass is 32.2. The molecule has 8 nitrogen and oxygen atoms in total. The molecule has 0 saturated heterocycles. The highest BCUT2D eigenvalue weighted by Gasteiger charge is 2.51. The van der Waals surface area contributed by atoms with Gasteiger partial charge in [-0.2, -0.15) is 43.2 Å². The van der Waals surface area contributed by atoms with Crippen molar-refractivity contribution in [2.75, 3.05) is 0 Å². The molecule has 4 aromatic rings. The summed E-state index contributed by atoms with van der Waals surface area (Å²) >= 11 is 0. The summed E-state index contributed by atoms with van der Waals surface area (Å²) in [4.78, 5) is 24.5. The molecule has 8 rings (SSSR count). The van der Waals surface area contributed by atoms with Gasteiger partial charge in [0.25, 0.3) is 0 Å². The third kappa shape index (κ3) is 9.46. The first-order valence-corrected chi connectivity index (χ1v) is 23.4. The van der Waals surface area contributed by atoms with Gasteiger partial charge in [-0.3, -0.25) is 9.59 Å². The Labute approximate surface area is 357 Å². The Hall–Kier alpha value is -4.70. The van der Waals surface area contributed by atoms with E-state index in [-0.39, 0.29) is 45.7 Å². The molecule has 0 bridgehead atoms. The zero-order chi connectivity index (χ0) is 44.6. The van der Waals surface area contributed by atoms with Gasteiger partial charge < -0.3 is 8.37 Å². The number of rotatable bonds is 8. The molecule has 0 N–H and O–H groups in total. The highest BCUT2D eigenvalue weighted by Crippen LogP contribution is 2.52. The fourth-order valence-corrected chi connectivity index (χ4v) is 11.3. The van der Waals surface area contributed by atoms with Crippen molar-refractivity contribution < 1.29 is 61.1 Å². The fourth-order valence-electron chi connectivity index (χ4n) is 10.4. The van der Waals surface area contributed by atoms with E-state index in [2.05, 4.69) is 8.37 Å². The number of carbonyl (C=O) groups is 2. The number of halogens is 6. The summed E-state index contributed by atoms with van der Waals surface area (Å²) in [5, 5.41) is 0. The van der Waals surface area contributed by atoms with Gasteiger partial charge in [-0.25, -0.2) is 0 Å². The molecule has 4 atom stereocenters. The number of aryl methyl sites for hydroxylation is 2. The largest absolute Gasteiger partial charge is 0.534 e. The van der Waals surface area contributed by atoms with Crippen LogP contribution in [0.4, 0.5) is 26.3 Å². The number of hydrogen-bond donors (Lipinski definition) is 0. The second kappa shape index (κ2) is 17.5. The lowest BCUT2D eigenvalue weighted by Crippen LogP contribution is -2.42. The maximum Gasteiger partial charge on any atom is 0.534 e. The quantitative estimate of drug-likeness (QED) is 0.0974. The normalized spacial score (nSPS) is 24.1. The lowest BCUT2D eigenvalue weighted by molar-refractivity contribution is -0.124. The number of hydrogen-bond acceptors (Lipinski definition) is 8. The Bertz CT molecular complexity index is 2330. The van der Waals surface area contributed by atoms with Gasteiger partial charge in [0.2, 0.25) is 0 Å². The van der Waals surface area contributed by atoms with E-state index in [1.165, 1.54) is 24.3 Å². The van der Waals surface area contributed by atoms with Crippen molar-refractivity contribution in [1.29, 1.82) is 0 Å². The minimum atomic E-state index is -5.73. The Morgan fingerprint density at radius 1 is 0.532 bits per heavy atom. The van der Waals surface area contributed by atoms with E-state index in [0.29, 0.717) is 51.4 Å². The molecule has 62 heavy (non-hydrogen) atoms. The minimum Gasteiger partial charge on any atom is -0.376 e. The van der Waals surface area contributed by atoms with E-state index in [1.54, 1.807) is 12.1 Å². The summed E-state index contributed by atoms with van der Waals surface area (Å²) in [7, 11) is -11.5. The summed E-state index contributed by atoms with van der Waals surface area (Å²) in [5.41, 5.74) is -5.77. The molecule has 2 saturated carbocycles. The molecule has 4 aliphatic rings. The van der Waals surface area contributed by atoms with Crippen molar-refractivity contribution in [2.24, 2.45) is 11.8 Å². The molecule has 4 aromatic carbocycles. The van der Waals surface area contributed by atoms with E-state index in [4.69, 9.17) is 0 Å². The van der Waals surface area contributed by atoms with Crippen LogP contribution in [-0.2, 0) is 66.3 Å². The lowest BCUT2D eigenvalue weighted by atomic mass is 9.59. The predicted octanol–water partition coefficient (Wildman–Crippen LogP) is 10.2. The smallest absolute Gasteiger partial charge is 0.376 e. The summed E-state index contributed by atoms with van der Waals surface area (Å²) in [6.07, 6.45) is 9.10. The molecule has 0 heterocycles. The third-order valence-electron chi connectivity index (χ3n) is 13.1. The number of carbonyl (C=O) groups excluding carboxylic acids is 2. The summed E-state index contributed by atoms with van der Waals surface area (Å²) < 4.78 is 131. The molecule has 4 aliphatic carbocycles. The molecule has 0 unspecified atom stereocenters. The van der Waals surface area contributed by atoms with E-state index < -0.39 is 31.3 Å². The van der Waals surface area contributed by atoms with Gasteiger partial charge >= 0.3 is 31.3 Å². The Kier molecular flexibility index (Phi) is 12.8. The number of fused-ring (bicyclic) bond motifs is 6. The zero-order valence-corrected chi connectivity index (χ0v) is 35.3. The van der Waals surface area contributed by atoms with Crippen molar-refractivity contribution >= 4 is 31.8 Å². The van der Waals surface area contributed by atoms with E-state index in [9.17, 15) is 52.8 Å². The van der Waals surface area contributed by atoms with Crippen LogP contribution in [0, 0.1) is 11.8 Å². The van der Waals surface area contributed by atoms with Crippen LogP contribution < -0.4 is 8.37 Å². The second-order valence-electron chi connectivity index (χ2n) is 16.9. The topological polar surface area (TPSA) is 121 Å². The van der Waals surface area contributed by atoms with Crippen LogP contribution in [0.25, 0.3) is 0 Å². The molecule has 2 fully saturated rings. The SMILES string of the molecule is O=C1CC[C@@]2(Cc3ccccc3)c3ccc(OS(=O)(=O)C(F)(F)F)cc3CCC[C@H]2C1.O=C1CC[C@]2(Cc3ccccc3)c3ccc(OS(=O)(=O)C(F)(F)F)cc3CCC[C@@H]2C1. The molecule has 0 amide bonds. The average Bonchev–Trinajstić information content (AvgIpc) is 3.45. The molecule has 0 aromatic heterocycles. The Balaban J connectivity index is 0.000000186. The van der Waals surface area contributed by atoms with Gasteiger partial charge in [0.05, 0.1) is 0 Å². The van der Waals surface area contributed by atoms with E-state index in [0.717, 1.165) is 71.9 Å². The molecular formula is C46H46F6O8S2. The first-order valence-electron chi connectivity index (χ1n) is 20.6. The number of benzene rings is 4. The van der Waals surface area contributed by atoms with E-state index in [1.807, 2.05) is 60.7 Å². The minimum absolute atomic E-state index is 0.140. The lowest BCUT2D eigenvalue weighted by Gasteiger charge is -2.44. The van der Waals surface area contributed by atoms with Gasteiger partial charge in [0, 0.05) is 36.5 Å². The van der Waals surface area contributed by atoms with Crippen molar-refractivity contribution in [3.05, 3.63) is 130 Å². The van der Waals surface area contributed by atoms with Gasteiger partial charge in [0.15, 0.2) is 0 Å². The summed E-state index contributed by atoms with van der Waals surface area (Å²) in [6.45, 7) is 0. The molecular weight excluding hydrogens is 859 g/mol. The van der Waals surface area contributed by atoms with Crippen LogP contribution in [-0.4, -0.2) is 39.4 Å². The molecule has 16 heteroatoms. The van der Waals surface area contributed by atoms with Crippen LogP contribution in [0.3, 0.4) is 0 Å². The predicted molar refractivity (Wildman–Crippen MR) is 218 cm³/mol. The van der Waals surface area contributed by atoms with Gasteiger partial charge in [0.1, 0.15) is 23.1 Å². The van der Waals surface area contributed by atoms with Crippen molar-refractivity contribution in [1.82, 2.24) is 0 Å². The molecule has 0 aliphatic heterocycles. The van der Waals surface area contributed by atoms with Crippen LogP contribution in [0.1, 0.15) is 97.6 Å². The molecule has 0 radical (unpaired) electrons. The third-order valence-corrected chi connectivity index (χ3v) is 15.1. The van der Waals surface area contributed by atoms with E-state index >= 15 is 0 Å². The van der Waals surface area contributed by atoms with Crippen molar-refractivity contribution in [3.8, 4) is 11.5 Å². The monoisotopic (exact) mass is 904 g/mol. The summed E-state index contributed by atoms with van der Waals surface area (Å²) in [6, 6.07) is 28.7. The average molecular weight is 905 g/mol. The van der Waals surface area contributed by atoms with Gasteiger partial charge in [-0.1, -0.05) is 72.8 Å². The van der Waals surface area contributed by atoms with Crippen molar-refractivity contribution in [3.63, 3.8) is 0 Å². The summed E-state index contributed by atoms with van der Waals surface area (Å²) in [5.74, 6) is 0.0935. The Morgan fingerprint density at radius 2 is 0.903 bits per heavy atom.